The van der Waals surface area contributed by atoms with E-state index in [9.17, 15) is 0 Å². The zero-order valence-electron chi connectivity index (χ0n) is 6.87. The maximum Gasteiger partial charge on any atom is 0.123 e. The zero-order chi connectivity index (χ0) is 7.84. The van der Waals surface area contributed by atoms with Crippen LogP contribution in [0.15, 0.2) is 24.3 Å². The third-order valence-electron chi connectivity index (χ3n) is 2.43. The van der Waals surface area contributed by atoms with E-state index in [1.54, 1.807) is 0 Å². The van der Waals surface area contributed by atoms with Crippen LogP contribution < -0.4 is 4.74 Å². The molecule has 1 heteroatoms. The summed E-state index contributed by atoms with van der Waals surface area (Å²) in [5.74, 6) is 1.61. The van der Waals surface area contributed by atoms with Crippen molar-refractivity contribution in [2.75, 3.05) is 0 Å². The molecule has 1 aliphatic heterocycles. The minimum Gasteiger partial charge on any atom is -0.490 e. The fraction of sp³-hybridized carbons (Fsp3) is 0.400. The van der Waals surface area contributed by atoms with Crippen molar-refractivity contribution in [2.45, 2.75) is 25.9 Å². The summed E-state index contributed by atoms with van der Waals surface area (Å²) in [7, 11) is 0. The van der Waals surface area contributed by atoms with Crippen LogP contribution in [0, 0.1) is 0 Å². The largest absolute Gasteiger partial charge is 0.490 e. The fourth-order valence-corrected chi connectivity index (χ4v) is 1.52. The molecule has 1 aliphatic rings. The maximum atomic E-state index is 5.62. The van der Waals surface area contributed by atoms with Crippen molar-refractivity contribution in [3.8, 4) is 5.75 Å². The predicted molar refractivity (Wildman–Crippen MR) is 44.9 cm³/mol. The summed E-state index contributed by atoms with van der Waals surface area (Å²) in [4.78, 5) is 0. The standard InChI is InChI=1S/C10H12O/c1-7-8(2)11-10-6-4-3-5-9(7)10/h3-8H,1-2H3/t7-,8+/m1/s1. The fourth-order valence-electron chi connectivity index (χ4n) is 1.52. The molecule has 0 unspecified atom stereocenters. The number of fused-ring (bicyclic) bond motifs is 1. The van der Waals surface area contributed by atoms with E-state index in [1.807, 2.05) is 12.1 Å². The smallest absolute Gasteiger partial charge is 0.123 e. The average Bonchev–Trinajstić information content (AvgIpc) is 2.30. The van der Waals surface area contributed by atoms with Crippen molar-refractivity contribution >= 4 is 0 Å². The third kappa shape index (κ3) is 0.917. The Morgan fingerprint density at radius 1 is 1.18 bits per heavy atom. The summed E-state index contributed by atoms with van der Waals surface area (Å²) in [5, 5.41) is 0. The Hall–Kier alpha value is -0.980. The number of hydrogen-bond donors (Lipinski definition) is 0. The van der Waals surface area contributed by atoms with Crippen LogP contribution in [0.3, 0.4) is 0 Å². The minimum absolute atomic E-state index is 0.340. The van der Waals surface area contributed by atoms with Gasteiger partial charge in [0.05, 0.1) is 0 Å². The lowest BCUT2D eigenvalue weighted by atomic mass is 9.99. The van der Waals surface area contributed by atoms with Crippen molar-refractivity contribution in [1.29, 1.82) is 0 Å². The van der Waals surface area contributed by atoms with Gasteiger partial charge in [-0.3, -0.25) is 0 Å². The second-order valence-corrected chi connectivity index (χ2v) is 3.15. The second kappa shape index (κ2) is 2.26. The molecular weight excluding hydrogens is 136 g/mol. The number of rotatable bonds is 0. The molecule has 0 N–H and O–H groups in total. The van der Waals surface area contributed by atoms with Gasteiger partial charge in [-0.15, -0.1) is 0 Å². The number of hydrogen-bond acceptors (Lipinski definition) is 1. The van der Waals surface area contributed by atoms with E-state index >= 15 is 0 Å². The number of para-hydroxylation sites is 1. The average molecular weight is 148 g/mol. The van der Waals surface area contributed by atoms with Gasteiger partial charge in [0.15, 0.2) is 0 Å². The van der Waals surface area contributed by atoms with Gasteiger partial charge >= 0.3 is 0 Å². The Morgan fingerprint density at radius 3 is 2.64 bits per heavy atom. The van der Waals surface area contributed by atoms with Crippen LogP contribution in [0.5, 0.6) is 5.75 Å². The molecule has 0 amide bonds. The first-order valence-corrected chi connectivity index (χ1v) is 4.04. The molecular formula is C10H12O. The lowest BCUT2D eigenvalue weighted by Gasteiger charge is -2.06. The topological polar surface area (TPSA) is 9.23 Å². The van der Waals surface area contributed by atoms with Gasteiger partial charge in [-0.05, 0) is 13.0 Å². The highest BCUT2D eigenvalue weighted by Gasteiger charge is 2.26. The van der Waals surface area contributed by atoms with Gasteiger partial charge in [-0.2, -0.15) is 0 Å². The first kappa shape index (κ1) is 6.71. The monoisotopic (exact) mass is 148 g/mol. The van der Waals surface area contributed by atoms with E-state index in [-0.39, 0.29) is 0 Å². The first-order chi connectivity index (χ1) is 5.29. The van der Waals surface area contributed by atoms with Crippen LogP contribution in [0.2, 0.25) is 0 Å². The Balaban J connectivity index is 2.47. The second-order valence-electron chi connectivity index (χ2n) is 3.15. The van der Waals surface area contributed by atoms with Crippen molar-refractivity contribution in [3.63, 3.8) is 0 Å². The summed E-state index contributed by atoms with van der Waals surface area (Å²) in [6, 6.07) is 8.26. The zero-order valence-corrected chi connectivity index (χ0v) is 6.87. The maximum absolute atomic E-state index is 5.62. The van der Waals surface area contributed by atoms with E-state index < -0.39 is 0 Å². The van der Waals surface area contributed by atoms with E-state index in [4.69, 9.17) is 4.74 Å². The molecule has 1 heterocycles. The SMILES string of the molecule is C[C@@H]1Oc2ccccc2[C@@H]1C. The quantitative estimate of drug-likeness (QED) is 0.549. The molecule has 0 bridgehead atoms. The van der Waals surface area contributed by atoms with E-state index in [1.165, 1.54) is 5.56 Å². The summed E-state index contributed by atoms with van der Waals surface area (Å²) in [5.41, 5.74) is 1.35. The van der Waals surface area contributed by atoms with Gasteiger partial charge in [0.1, 0.15) is 11.9 Å². The lowest BCUT2D eigenvalue weighted by Crippen LogP contribution is -2.10. The van der Waals surface area contributed by atoms with Crippen LogP contribution in [0.1, 0.15) is 25.3 Å². The van der Waals surface area contributed by atoms with Crippen molar-refractivity contribution in [2.24, 2.45) is 0 Å². The molecule has 0 aromatic heterocycles. The molecule has 58 valence electrons. The Bertz CT molecular complexity index is 267. The molecule has 0 saturated carbocycles. The highest BCUT2D eigenvalue weighted by atomic mass is 16.5. The van der Waals surface area contributed by atoms with Crippen LogP contribution >= 0.6 is 0 Å². The summed E-state index contributed by atoms with van der Waals surface area (Å²) in [6.45, 7) is 4.32. The molecule has 0 aliphatic carbocycles. The van der Waals surface area contributed by atoms with Gasteiger partial charge in [0, 0.05) is 11.5 Å². The molecule has 1 nitrogen and oxygen atoms in total. The molecule has 1 aromatic rings. The van der Waals surface area contributed by atoms with Gasteiger partial charge in [0.25, 0.3) is 0 Å². The molecule has 11 heavy (non-hydrogen) atoms. The first-order valence-electron chi connectivity index (χ1n) is 4.04. The van der Waals surface area contributed by atoms with E-state index in [0.717, 1.165) is 5.75 Å². The Kier molecular flexibility index (Phi) is 1.38. The molecule has 2 rings (SSSR count). The minimum atomic E-state index is 0.340. The van der Waals surface area contributed by atoms with Crippen LogP contribution in [-0.4, -0.2) is 6.10 Å². The lowest BCUT2D eigenvalue weighted by molar-refractivity contribution is 0.232. The van der Waals surface area contributed by atoms with Gasteiger partial charge < -0.3 is 4.74 Å². The van der Waals surface area contributed by atoms with E-state index in [2.05, 4.69) is 26.0 Å². The molecule has 2 atom stereocenters. The third-order valence-corrected chi connectivity index (χ3v) is 2.43. The predicted octanol–water partition coefficient (Wildman–Crippen LogP) is 2.57. The van der Waals surface area contributed by atoms with Gasteiger partial charge in [0.2, 0.25) is 0 Å². The van der Waals surface area contributed by atoms with Crippen LogP contribution in [-0.2, 0) is 0 Å². The number of benzene rings is 1. The van der Waals surface area contributed by atoms with Gasteiger partial charge in [-0.1, -0.05) is 25.1 Å². The normalized spacial score (nSPS) is 27.8. The summed E-state index contributed by atoms with van der Waals surface area (Å²) in [6.07, 6.45) is 0.340. The van der Waals surface area contributed by atoms with Crippen molar-refractivity contribution < 1.29 is 4.74 Å². The molecule has 0 fully saturated rings. The van der Waals surface area contributed by atoms with Gasteiger partial charge in [-0.25, -0.2) is 0 Å². The summed E-state index contributed by atoms with van der Waals surface area (Å²) < 4.78 is 5.62. The summed E-state index contributed by atoms with van der Waals surface area (Å²) >= 11 is 0. The highest BCUT2D eigenvalue weighted by molar-refractivity contribution is 5.40. The highest BCUT2D eigenvalue weighted by Crippen LogP contribution is 2.36. The van der Waals surface area contributed by atoms with E-state index in [0.29, 0.717) is 12.0 Å². The molecule has 1 aromatic carbocycles. The Morgan fingerprint density at radius 2 is 1.91 bits per heavy atom. The molecule has 0 radical (unpaired) electrons. The number of ether oxygens (including phenoxy) is 1. The van der Waals surface area contributed by atoms with Crippen molar-refractivity contribution in [1.82, 2.24) is 0 Å². The van der Waals surface area contributed by atoms with Crippen molar-refractivity contribution in [3.05, 3.63) is 29.8 Å². The van der Waals surface area contributed by atoms with Crippen LogP contribution in [0.4, 0.5) is 0 Å². The Labute approximate surface area is 67.0 Å². The molecule has 0 saturated heterocycles. The molecule has 0 spiro atoms. The van der Waals surface area contributed by atoms with Crippen LogP contribution in [0.25, 0.3) is 0 Å².